The van der Waals surface area contributed by atoms with Gasteiger partial charge in [0.15, 0.2) is 5.78 Å². The third-order valence-electron chi connectivity index (χ3n) is 1.86. The van der Waals surface area contributed by atoms with Crippen molar-refractivity contribution in [3.63, 3.8) is 0 Å². The Hall–Kier alpha value is -0.790. The second-order valence-corrected chi connectivity index (χ2v) is 2.64. The fraction of sp³-hybridized carbons (Fsp3) is 0.625. The Morgan fingerprint density at radius 2 is 1.90 bits per heavy atom. The summed E-state index contributed by atoms with van der Waals surface area (Å²) in [6.07, 6.45) is 5.48. The Bertz CT molecular complexity index is 159. The van der Waals surface area contributed by atoms with Crippen molar-refractivity contribution in [3.05, 3.63) is 11.8 Å². The molecule has 0 unspecified atom stereocenters. The Morgan fingerprint density at radius 1 is 1.20 bits per heavy atom. The zero-order valence-corrected chi connectivity index (χ0v) is 5.97. The maximum atomic E-state index is 11.0. The molecule has 0 heterocycles. The number of aliphatic hydroxyl groups is 1. The van der Waals surface area contributed by atoms with Gasteiger partial charge in [-0.05, 0) is 19.3 Å². The molecular formula is C8H12O2. The van der Waals surface area contributed by atoms with E-state index in [1.54, 1.807) is 0 Å². The van der Waals surface area contributed by atoms with E-state index in [0.29, 0.717) is 12.0 Å². The second-order valence-electron chi connectivity index (χ2n) is 2.64. The van der Waals surface area contributed by atoms with E-state index in [9.17, 15) is 4.79 Å². The van der Waals surface area contributed by atoms with Crippen LogP contribution in [0.25, 0.3) is 0 Å². The SMILES string of the molecule is O=C1CCCCC/C1=C/O. The first kappa shape index (κ1) is 7.32. The van der Waals surface area contributed by atoms with Crippen LogP contribution in [0, 0.1) is 0 Å². The number of hydrogen-bond acceptors (Lipinski definition) is 2. The van der Waals surface area contributed by atoms with Crippen molar-refractivity contribution >= 4 is 5.78 Å². The second kappa shape index (κ2) is 3.40. The van der Waals surface area contributed by atoms with Crippen molar-refractivity contribution in [3.8, 4) is 0 Å². The fourth-order valence-corrected chi connectivity index (χ4v) is 1.21. The molecule has 0 radical (unpaired) electrons. The first-order valence-corrected chi connectivity index (χ1v) is 3.71. The van der Waals surface area contributed by atoms with Crippen LogP contribution >= 0.6 is 0 Å². The van der Waals surface area contributed by atoms with Gasteiger partial charge in [0.05, 0.1) is 6.26 Å². The molecule has 1 fully saturated rings. The minimum Gasteiger partial charge on any atom is -0.515 e. The first-order chi connectivity index (χ1) is 4.84. The molecule has 0 amide bonds. The van der Waals surface area contributed by atoms with Crippen molar-refractivity contribution in [1.82, 2.24) is 0 Å². The summed E-state index contributed by atoms with van der Waals surface area (Å²) in [5.74, 6) is 0.125. The van der Waals surface area contributed by atoms with Crippen LogP contribution < -0.4 is 0 Å². The van der Waals surface area contributed by atoms with Crippen molar-refractivity contribution < 1.29 is 9.90 Å². The average Bonchev–Trinajstić information content (AvgIpc) is 2.13. The van der Waals surface area contributed by atoms with Gasteiger partial charge in [-0.15, -0.1) is 0 Å². The lowest BCUT2D eigenvalue weighted by Gasteiger charge is -1.95. The molecule has 0 spiro atoms. The Labute approximate surface area is 60.6 Å². The molecule has 2 heteroatoms. The van der Waals surface area contributed by atoms with Gasteiger partial charge in [-0.1, -0.05) is 6.42 Å². The van der Waals surface area contributed by atoms with E-state index in [1.165, 1.54) is 0 Å². The molecule has 0 aromatic carbocycles. The summed E-state index contributed by atoms with van der Waals surface area (Å²) in [4.78, 5) is 11.0. The van der Waals surface area contributed by atoms with Crippen molar-refractivity contribution in [1.29, 1.82) is 0 Å². The molecule has 56 valence electrons. The van der Waals surface area contributed by atoms with Crippen LogP contribution in [0.5, 0.6) is 0 Å². The summed E-state index contributed by atoms with van der Waals surface area (Å²) >= 11 is 0. The Kier molecular flexibility index (Phi) is 2.49. The highest BCUT2D eigenvalue weighted by atomic mass is 16.2. The van der Waals surface area contributed by atoms with Crippen LogP contribution in [0.2, 0.25) is 0 Å². The molecular weight excluding hydrogens is 128 g/mol. The lowest BCUT2D eigenvalue weighted by molar-refractivity contribution is -0.115. The van der Waals surface area contributed by atoms with Gasteiger partial charge in [0.2, 0.25) is 0 Å². The zero-order valence-electron chi connectivity index (χ0n) is 5.97. The van der Waals surface area contributed by atoms with Crippen LogP contribution in [-0.4, -0.2) is 10.9 Å². The maximum absolute atomic E-state index is 11.0. The number of rotatable bonds is 0. The van der Waals surface area contributed by atoms with Gasteiger partial charge in [0, 0.05) is 12.0 Å². The van der Waals surface area contributed by atoms with Crippen LogP contribution in [-0.2, 0) is 4.79 Å². The molecule has 0 atom stereocenters. The third kappa shape index (κ3) is 1.59. The molecule has 10 heavy (non-hydrogen) atoms. The van der Waals surface area contributed by atoms with Crippen LogP contribution in [0.1, 0.15) is 32.1 Å². The summed E-state index contributed by atoms with van der Waals surface area (Å²) in [5, 5.41) is 8.60. The molecule has 1 aliphatic carbocycles. The summed E-state index contributed by atoms with van der Waals surface area (Å²) in [5.41, 5.74) is 0.609. The summed E-state index contributed by atoms with van der Waals surface area (Å²) in [7, 11) is 0. The van der Waals surface area contributed by atoms with E-state index < -0.39 is 0 Å². The van der Waals surface area contributed by atoms with Gasteiger partial charge in [-0.25, -0.2) is 0 Å². The standard InChI is InChI=1S/C8H12O2/c9-6-7-4-2-1-3-5-8(7)10/h6,9H,1-5H2/b7-6-. The van der Waals surface area contributed by atoms with E-state index in [0.717, 1.165) is 31.9 Å². The fourth-order valence-electron chi connectivity index (χ4n) is 1.21. The predicted octanol–water partition coefficient (Wildman–Crippen LogP) is 1.96. The van der Waals surface area contributed by atoms with Gasteiger partial charge >= 0.3 is 0 Å². The zero-order chi connectivity index (χ0) is 7.40. The Morgan fingerprint density at radius 3 is 2.60 bits per heavy atom. The lowest BCUT2D eigenvalue weighted by Crippen LogP contribution is -1.98. The average molecular weight is 140 g/mol. The molecule has 0 saturated heterocycles. The number of Topliss-reactive ketones (excluding diaryl/α,β-unsaturated/α-hetero) is 1. The highest BCUT2D eigenvalue weighted by Crippen LogP contribution is 2.18. The van der Waals surface area contributed by atoms with E-state index in [4.69, 9.17) is 5.11 Å². The minimum atomic E-state index is 0.125. The summed E-state index contributed by atoms with van der Waals surface area (Å²) in [6.45, 7) is 0. The smallest absolute Gasteiger partial charge is 0.161 e. The molecule has 1 saturated carbocycles. The predicted molar refractivity (Wildman–Crippen MR) is 38.8 cm³/mol. The van der Waals surface area contributed by atoms with E-state index in [2.05, 4.69) is 0 Å². The van der Waals surface area contributed by atoms with Crippen molar-refractivity contribution in [2.45, 2.75) is 32.1 Å². The highest BCUT2D eigenvalue weighted by molar-refractivity contribution is 5.95. The van der Waals surface area contributed by atoms with Crippen LogP contribution in [0.4, 0.5) is 0 Å². The number of aliphatic hydroxyl groups excluding tert-OH is 1. The molecule has 1 N–H and O–H groups in total. The number of allylic oxidation sites excluding steroid dienone is 1. The quantitative estimate of drug-likeness (QED) is 0.317. The number of carbonyl (C=O) groups is 1. The number of carbonyl (C=O) groups excluding carboxylic acids is 1. The largest absolute Gasteiger partial charge is 0.515 e. The lowest BCUT2D eigenvalue weighted by atomic mass is 10.1. The molecule has 0 aromatic heterocycles. The molecule has 0 aliphatic heterocycles. The molecule has 1 rings (SSSR count). The molecule has 0 bridgehead atoms. The van der Waals surface area contributed by atoms with E-state index >= 15 is 0 Å². The normalized spacial score (nSPS) is 24.8. The van der Waals surface area contributed by atoms with E-state index in [-0.39, 0.29) is 5.78 Å². The van der Waals surface area contributed by atoms with Gasteiger partial charge in [-0.2, -0.15) is 0 Å². The van der Waals surface area contributed by atoms with E-state index in [1.807, 2.05) is 0 Å². The summed E-state index contributed by atoms with van der Waals surface area (Å²) in [6, 6.07) is 0. The van der Waals surface area contributed by atoms with Crippen molar-refractivity contribution in [2.75, 3.05) is 0 Å². The van der Waals surface area contributed by atoms with Crippen molar-refractivity contribution in [2.24, 2.45) is 0 Å². The first-order valence-electron chi connectivity index (χ1n) is 3.71. The van der Waals surface area contributed by atoms with Crippen LogP contribution in [0.3, 0.4) is 0 Å². The number of hydrogen-bond donors (Lipinski definition) is 1. The van der Waals surface area contributed by atoms with Gasteiger partial charge in [0.25, 0.3) is 0 Å². The Balaban J connectivity index is 2.61. The maximum Gasteiger partial charge on any atom is 0.161 e. The van der Waals surface area contributed by atoms with Gasteiger partial charge < -0.3 is 5.11 Å². The molecule has 2 nitrogen and oxygen atoms in total. The third-order valence-corrected chi connectivity index (χ3v) is 1.86. The van der Waals surface area contributed by atoms with Gasteiger partial charge in [0.1, 0.15) is 0 Å². The topological polar surface area (TPSA) is 37.3 Å². The van der Waals surface area contributed by atoms with Gasteiger partial charge in [-0.3, -0.25) is 4.79 Å². The molecule has 0 aromatic rings. The minimum absolute atomic E-state index is 0.125. The molecule has 1 aliphatic rings. The van der Waals surface area contributed by atoms with Crippen LogP contribution in [0.15, 0.2) is 11.8 Å². The highest BCUT2D eigenvalue weighted by Gasteiger charge is 2.12. The summed E-state index contributed by atoms with van der Waals surface area (Å²) < 4.78 is 0. The number of ketones is 1. The monoisotopic (exact) mass is 140 g/mol.